The van der Waals surface area contributed by atoms with Gasteiger partial charge in [-0.3, -0.25) is 0 Å². The van der Waals surface area contributed by atoms with Crippen molar-refractivity contribution in [1.82, 2.24) is 5.32 Å². The Morgan fingerprint density at radius 2 is 2.07 bits per heavy atom. The summed E-state index contributed by atoms with van der Waals surface area (Å²) in [6.07, 6.45) is 2.25. The van der Waals surface area contributed by atoms with Crippen molar-refractivity contribution in [3.63, 3.8) is 0 Å². The third kappa shape index (κ3) is 2.85. The maximum absolute atomic E-state index is 3.27. The highest BCUT2D eigenvalue weighted by molar-refractivity contribution is 5.31. The van der Waals surface area contributed by atoms with Crippen molar-refractivity contribution >= 4 is 0 Å². The Morgan fingerprint density at radius 1 is 1.36 bits per heavy atom. The van der Waals surface area contributed by atoms with Crippen molar-refractivity contribution in [2.45, 2.75) is 39.7 Å². The number of benzene rings is 1. The Bertz CT molecular complexity index is 291. The molecule has 0 aliphatic rings. The van der Waals surface area contributed by atoms with Crippen LogP contribution in [0.1, 0.15) is 30.5 Å². The fourth-order valence-electron chi connectivity index (χ4n) is 1.64. The van der Waals surface area contributed by atoms with Gasteiger partial charge in [0.2, 0.25) is 0 Å². The number of aryl methyl sites for hydroxylation is 2. The fraction of sp³-hybridized carbons (Fsp3) is 0.538. The van der Waals surface area contributed by atoms with Crippen LogP contribution in [0.2, 0.25) is 0 Å². The molecular weight excluding hydrogens is 170 g/mol. The lowest BCUT2D eigenvalue weighted by molar-refractivity contribution is 0.607. The number of nitrogens with one attached hydrogen (secondary N) is 1. The van der Waals surface area contributed by atoms with Crippen molar-refractivity contribution in [3.8, 4) is 0 Å². The summed E-state index contributed by atoms with van der Waals surface area (Å²) >= 11 is 0. The fourth-order valence-corrected chi connectivity index (χ4v) is 1.64. The maximum atomic E-state index is 3.27. The smallest absolute Gasteiger partial charge is 0.00762 e. The molecule has 0 saturated heterocycles. The van der Waals surface area contributed by atoms with E-state index in [2.05, 4.69) is 44.3 Å². The molecule has 0 bridgehead atoms. The van der Waals surface area contributed by atoms with Gasteiger partial charge >= 0.3 is 0 Å². The summed E-state index contributed by atoms with van der Waals surface area (Å²) in [6, 6.07) is 7.37. The van der Waals surface area contributed by atoms with Crippen molar-refractivity contribution in [2.75, 3.05) is 7.05 Å². The Hall–Kier alpha value is -0.820. The molecule has 1 heteroatoms. The van der Waals surface area contributed by atoms with Crippen LogP contribution in [-0.2, 0) is 12.8 Å². The highest BCUT2D eigenvalue weighted by Gasteiger charge is 2.03. The van der Waals surface area contributed by atoms with E-state index in [1.807, 2.05) is 7.05 Å². The molecule has 0 radical (unpaired) electrons. The number of likely N-dealkylation sites (N-methyl/N-ethyl adjacent to an activating group) is 1. The topological polar surface area (TPSA) is 12.0 Å². The number of hydrogen-bond acceptors (Lipinski definition) is 1. The monoisotopic (exact) mass is 191 g/mol. The van der Waals surface area contributed by atoms with Crippen LogP contribution in [0.3, 0.4) is 0 Å². The molecule has 1 nitrogen and oxygen atoms in total. The summed E-state index contributed by atoms with van der Waals surface area (Å²) < 4.78 is 0. The van der Waals surface area contributed by atoms with Gasteiger partial charge in [-0.2, -0.15) is 0 Å². The van der Waals surface area contributed by atoms with E-state index in [-0.39, 0.29) is 0 Å². The quantitative estimate of drug-likeness (QED) is 0.771. The van der Waals surface area contributed by atoms with Crippen LogP contribution in [-0.4, -0.2) is 13.1 Å². The molecule has 0 amide bonds. The molecule has 1 N–H and O–H groups in total. The van der Waals surface area contributed by atoms with Gasteiger partial charge in [-0.05, 0) is 50.4 Å². The first-order valence-corrected chi connectivity index (χ1v) is 5.43. The first kappa shape index (κ1) is 11.3. The lowest BCUT2D eigenvalue weighted by atomic mass is 9.99. The van der Waals surface area contributed by atoms with E-state index in [1.165, 1.54) is 16.7 Å². The molecule has 0 aliphatic carbocycles. The highest BCUT2D eigenvalue weighted by atomic mass is 14.8. The van der Waals surface area contributed by atoms with E-state index >= 15 is 0 Å². The molecule has 78 valence electrons. The first-order valence-electron chi connectivity index (χ1n) is 5.43. The molecule has 0 heterocycles. The zero-order chi connectivity index (χ0) is 10.6. The molecule has 14 heavy (non-hydrogen) atoms. The third-order valence-electron chi connectivity index (χ3n) is 2.83. The zero-order valence-electron chi connectivity index (χ0n) is 9.72. The molecular formula is C13H21N. The van der Waals surface area contributed by atoms with Crippen LogP contribution in [0.15, 0.2) is 18.2 Å². The van der Waals surface area contributed by atoms with Crippen LogP contribution >= 0.6 is 0 Å². The number of hydrogen-bond donors (Lipinski definition) is 1. The average Bonchev–Trinajstić information content (AvgIpc) is 2.20. The van der Waals surface area contributed by atoms with Crippen LogP contribution < -0.4 is 5.32 Å². The number of rotatable bonds is 4. The SMILES string of the molecule is CCc1ccc(CC(C)NC)c(C)c1. The molecule has 0 spiro atoms. The zero-order valence-corrected chi connectivity index (χ0v) is 9.72. The molecule has 1 unspecified atom stereocenters. The van der Waals surface area contributed by atoms with E-state index in [9.17, 15) is 0 Å². The van der Waals surface area contributed by atoms with Crippen molar-refractivity contribution < 1.29 is 0 Å². The normalized spacial score (nSPS) is 12.9. The minimum absolute atomic E-state index is 0.557. The summed E-state index contributed by atoms with van der Waals surface area (Å²) in [4.78, 5) is 0. The van der Waals surface area contributed by atoms with Gasteiger partial charge in [0.1, 0.15) is 0 Å². The van der Waals surface area contributed by atoms with Gasteiger partial charge in [0.25, 0.3) is 0 Å². The van der Waals surface area contributed by atoms with Gasteiger partial charge in [0.15, 0.2) is 0 Å². The summed E-state index contributed by atoms with van der Waals surface area (Å²) in [5.41, 5.74) is 4.32. The molecule has 1 aromatic carbocycles. The maximum Gasteiger partial charge on any atom is 0.00762 e. The van der Waals surface area contributed by atoms with Crippen molar-refractivity contribution in [3.05, 3.63) is 34.9 Å². The first-order chi connectivity index (χ1) is 6.67. The van der Waals surface area contributed by atoms with E-state index < -0.39 is 0 Å². The van der Waals surface area contributed by atoms with Crippen LogP contribution in [0.5, 0.6) is 0 Å². The van der Waals surface area contributed by atoms with Crippen LogP contribution in [0.4, 0.5) is 0 Å². The average molecular weight is 191 g/mol. The second-order valence-corrected chi connectivity index (χ2v) is 4.01. The standard InChI is InChI=1S/C13H21N/c1-5-12-6-7-13(10(2)8-12)9-11(3)14-4/h6-8,11,14H,5,9H2,1-4H3. The minimum atomic E-state index is 0.557. The predicted molar refractivity (Wildman–Crippen MR) is 62.8 cm³/mol. The molecule has 0 aliphatic heterocycles. The molecule has 0 aromatic heterocycles. The summed E-state index contributed by atoms with van der Waals surface area (Å²) in [5.74, 6) is 0. The Labute approximate surface area is 87.5 Å². The lowest BCUT2D eigenvalue weighted by Crippen LogP contribution is -2.23. The summed E-state index contributed by atoms with van der Waals surface area (Å²) in [5, 5.41) is 3.27. The molecule has 1 atom stereocenters. The predicted octanol–water partition coefficient (Wildman–Crippen LogP) is 2.71. The Balaban J connectivity index is 2.78. The largest absolute Gasteiger partial charge is 0.317 e. The van der Waals surface area contributed by atoms with Crippen LogP contribution in [0, 0.1) is 6.92 Å². The summed E-state index contributed by atoms with van der Waals surface area (Å²) in [7, 11) is 2.01. The van der Waals surface area contributed by atoms with Gasteiger partial charge in [0, 0.05) is 6.04 Å². The van der Waals surface area contributed by atoms with Crippen LogP contribution in [0.25, 0.3) is 0 Å². The van der Waals surface area contributed by atoms with Gasteiger partial charge < -0.3 is 5.32 Å². The second-order valence-electron chi connectivity index (χ2n) is 4.01. The van der Waals surface area contributed by atoms with Gasteiger partial charge in [0.05, 0.1) is 0 Å². The Morgan fingerprint density at radius 3 is 2.57 bits per heavy atom. The van der Waals surface area contributed by atoms with Gasteiger partial charge in [-0.25, -0.2) is 0 Å². The minimum Gasteiger partial charge on any atom is -0.317 e. The van der Waals surface area contributed by atoms with E-state index in [0.717, 1.165) is 12.8 Å². The Kier molecular flexibility index (Phi) is 4.15. The second kappa shape index (κ2) is 5.16. The molecule has 0 fully saturated rings. The summed E-state index contributed by atoms with van der Waals surface area (Å²) in [6.45, 7) is 6.62. The molecule has 1 aromatic rings. The van der Waals surface area contributed by atoms with Gasteiger partial charge in [-0.1, -0.05) is 25.1 Å². The van der Waals surface area contributed by atoms with Crippen molar-refractivity contribution in [2.24, 2.45) is 0 Å². The van der Waals surface area contributed by atoms with E-state index in [4.69, 9.17) is 0 Å². The van der Waals surface area contributed by atoms with E-state index in [1.54, 1.807) is 0 Å². The highest BCUT2D eigenvalue weighted by Crippen LogP contribution is 2.13. The third-order valence-corrected chi connectivity index (χ3v) is 2.83. The van der Waals surface area contributed by atoms with Crippen molar-refractivity contribution in [1.29, 1.82) is 0 Å². The molecule has 1 rings (SSSR count). The lowest BCUT2D eigenvalue weighted by Gasteiger charge is -2.13. The van der Waals surface area contributed by atoms with E-state index in [0.29, 0.717) is 6.04 Å². The molecule has 0 saturated carbocycles. The van der Waals surface area contributed by atoms with Gasteiger partial charge in [-0.15, -0.1) is 0 Å².